The minimum atomic E-state index is -4.11. The smallest absolute Gasteiger partial charge is 0.410 e. The summed E-state index contributed by atoms with van der Waals surface area (Å²) in [6.07, 6.45) is 3.40. The van der Waals surface area contributed by atoms with Gasteiger partial charge in [0, 0.05) is 25.8 Å². The quantitative estimate of drug-likeness (QED) is 0.553. The van der Waals surface area contributed by atoms with Crippen molar-refractivity contribution in [1.82, 2.24) is 9.21 Å². The maximum absolute atomic E-state index is 14.3. The summed E-state index contributed by atoms with van der Waals surface area (Å²) >= 11 is 0. The van der Waals surface area contributed by atoms with Gasteiger partial charge in [0.2, 0.25) is 10.0 Å². The number of ether oxygens (including phenoxy) is 1. The van der Waals surface area contributed by atoms with Crippen molar-refractivity contribution in [3.8, 4) is 0 Å². The lowest BCUT2D eigenvalue weighted by atomic mass is 9.90. The maximum atomic E-state index is 14.3. The van der Waals surface area contributed by atoms with E-state index in [1.165, 1.54) is 28.6 Å². The molecule has 206 valence electrons. The fraction of sp³-hybridized carbons (Fsp3) is 0.536. The number of likely N-dealkylation sites (tertiary alicyclic amines) is 1. The highest BCUT2D eigenvalue weighted by molar-refractivity contribution is 7.89. The fourth-order valence-corrected chi connectivity index (χ4v) is 7.80. The van der Waals surface area contributed by atoms with E-state index >= 15 is 0 Å². The van der Waals surface area contributed by atoms with Crippen LogP contribution in [0.15, 0.2) is 47.4 Å². The number of hydrogen-bond acceptors (Lipinski definition) is 5. The molecule has 0 unspecified atom stereocenters. The van der Waals surface area contributed by atoms with Crippen LogP contribution in [0.4, 0.5) is 13.6 Å². The first kappa shape index (κ1) is 27.0. The molecular formula is C28H34F2N2O5S. The van der Waals surface area contributed by atoms with E-state index in [4.69, 9.17) is 4.74 Å². The molecule has 2 heterocycles. The summed E-state index contributed by atoms with van der Waals surface area (Å²) in [5, 5.41) is 9.41. The minimum absolute atomic E-state index is 0.0861. The number of carbonyl (C=O) groups is 1. The molecule has 0 radical (unpaired) electrons. The third-order valence-corrected chi connectivity index (χ3v) is 10.1. The Bertz CT molecular complexity index is 1250. The summed E-state index contributed by atoms with van der Waals surface area (Å²) in [6.45, 7) is 2.89. The van der Waals surface area contributed by atoms with E-state index in [0.29, 0.717) is 58.0 Å². The van der Waals surface area contributed by atoms with E-state index in [2.05, 4.69) is 0 Å². The van der Waals surface area contributed by atoms with Gasteiger partial charge in [-0.15, -0.1) is 0 Å². The lowest BCUT2D eigenvalue weighted by Crippen LogP contribution is -2.54. The Morgan fingerprint density at radius 1 is 1.03 bits per heavy atom. The van der Waals surface area contributed by atoms with Crippen LogP contribution >= 0.6 is 0 Å². The van der Waals surface area contributed by atoms with Crippen LogP contribution in [-0.2, 0) is 14.8 Å². The zero-order valence-electron chi connectivity index (χ0n) is 21.5. The van der Waals surface area contributed by atoms with Gasteiger partial charge in [0.15, 0.2) is 0 Å². The number of amides is 1. The summed E-state index contributed by atoms with van der Waals surface area (Å²) in [6, 6.07) is 8.17. The normalized spacial score (nSPS) is 24.3. The predicted octanol–water partition coefficient (Wildman–Crippen LogP) is 4.93. The highest BCUT2D eigenvalue weighted by atomic mass is 32.2. The second kappa shape index (κ2) is 10.5. The fourth-order valence-electron chi connectivity index (χ4n) is 5.88. The molecule has 5 rings (SSSR count). The van der Waals surface area contributed by atoms with Crippen LogP contribution in [0.2, 0.25) is 0 Å². The number of rotatable bonds is 6. The van der Waals surface area contributed by atoms with Crippen LogP contribution in [0.5, 0.6) is 0 Å². The standard InChI is InChI=1S/C28H34F2N2O5S/c1-19-5-7-24(8-6-19)38(35,36)32-25(21-15-22(29)17-23(30)16-21)3-2-4-26(32)28(11-12-28)37-27(34)31-13-9-20(18-33)10-14-31/h5-8,15-17,20,25-26,33H,2-4,9-14,18H2,1H3/t25-,26+/m0/s1. The first-order valence-electron chi connectivity index (χ1n) is 13.3. The SMILES string of the molecule is Cc1ccc(S(=O)(=O)N2[C@H](c3cc(F)cc(F)c3)CCC[C@@H]2C2(OC(=O)N3CCC(CO)CC3)CC2)cc1. The Balaban J connectivity index is 1.49. The second-order valence-electron chi connectivity index (χ2n) is 10.9. The molecule has 0 aromatic heterocycles. The molecule has 10 heteroatoms. The molecule has 2 atom stereocenters. The molecule has 2 saturated heterocycles. The topological polar surface area (TPSA) is 87.2 Å². The van der Waals surface area contributed by atoms with Crippen molar-refractivity contribution >= 4 is 16.1 Å². The van der Waals surface area contributed by atoms with Gasteiger partial charge in [0.25, 0.3) is 0 Å². The molecule has 2 aliphatic heterocycles. The number of aliphatic hydroxyl groups excluding tert-OH is 1. The summed E-state index contributed by atoms with van der Waals surface area (Å²) in [5.74, 6) is -1.38. The van der Waals surface area contributed by atoms with E-state index in [1.807, 2.05) is 6.92 Å². The van der Waals surface area contributed by atoms with Crippen molar-refractivity contribution in [2.75, 3.05) is 19.7 Å². The molecule has 3 aliphatic rings. The number of aryl methyl sites for hydroxylation is 1. The van der Waals surface area contributed by atoms with Gasteiger partial charge in [-0.05, 0) is 87.6 Å². The molecule has 2 aromatic carbocycles. The van der Waals surface area contributed by atoms with Crippen LogP contribution in [0.3, 0.4) is 0 Å². The van der Waals surface area contributed by atoms with Crippen molar-refractivity contribution in [2.24, 2.45) is 5.92 Å². The predicted molar refractivity (Wildman–Crippen MR) is 137 cm³/mol. The summed E-state index contributed by atoms with van der Waals surface area (Å²) < 4.78 is 64.2. The number of aliphatic hydroxyl groups is 1. The van der Waals surface area contributed by atoms with Crippen molar-refractivity contribution in [3.05, 3.63) is 65.2 Å². The molecule has 3 fully saturated rings. The van der Waals surface area contributed by atoms with Gasteiger partial charge in [-0.3, -0.25) is 0 Å². The van der Waals surface area contributed by atoms with Gasteiger partial charge >= 0.3 is 6.09 Å². The summed E-state index contributed by atoms with van der Waals surface area (Å²) in [5.41, 5.74) is 0.157. The van der Waals surface area contributed by atoms with Gasteiger partial charge < -0.3 is 14.7 Å². The third kappa shape index (κ3) is 5.31. The average molecular weight is 549 g/mol. The zero-order chi connectivity index (χ0) is 27.1. The highest BCUT2D eigenvalue weighted by Gasteiger charge is 2.60. The molecule has 1 saturated carbocycles. The van der Waals surface area contributed by atoms with E-state index in [0.717, 1.165) is 11.6 Å². The molecule has 2 aromatic rings. The van der Waals surface area contributed by atoms with Gasteiger partial charge in [0.05, 0.1) is 17.0 Å². The molecule has 7 nitrogen and oxygen atoms in total. The van der Waals surface area contributed by atoms with Gasteiger partial charge in [0.1, 0.15) is 17.2 Å². The van der Waals surface area contributed by atoms with Crippen molar-refractivity contribution < 1.29 is 31.8 Å². The number of nitrogens with zero attached hydrogens (tertiary/aromatic N) is 2. The van der Waals surface area contributed by atoms with Crippen LogP contribution in [0, 0.1) is 24.5 Å². The number of carbonyl (C=O) groups excluding carboxylic acids is 1. The molecule has 0 bridgehead atoms. The minimum Gasteiger partial charge on any atom is -0.441 e. The summed E-state index contributed by atoms with van der Waals surface area (Å²) in [4.78, 5) is 14.9. The van der Waals surface area contributed by atoms with Crippen LogP contribution in [-0.4, -0.2) is 60.2 Å². The molecule has 1 aliphatic carbocycles. The third-order valence-electron chi connectivity index (χ3n) is 8.21. The average Bonchev–Trinajstić information content (AvgIpc) is 3.68. The number of benzene rings is 2. The maximum Gasteiger partial charge on any atom is 0.410 e. The van der Waals surface area contributed by atoms with E-state index < -0.39 is 45.4 Å². The summed E-state index contributed by atoms with van der Waals surface area (Å²) in [7, 11) is -4.11. The Morgan fingerprint density at radius 3 is 2.24 bits per heavy atom. The Hall–Kier alpha value is -2.56. The Kier molecular flexibility index (Phi) is 7.50. The first-order chi connectivity index (χ1) is 18.1. The van der Waals surface area contributed by atoms with Crippen molar-refractivity contribution in [3.63, 3.8) is 0 Å². The molecule has 1 N–H and O–H groups in total. The van der Waals surface area contributed by atoms with Crippen molar-refractivity contribution in [1.29, 1.82) is 0 Å². The van der Waals surface area contributed by atoms with E-state index in [9.17, 15) is 27.1 Å². The number of hydrogen-bond donors (Lipinski definition) is 1. The van der Waals surface area contributed by atoms with Crippen LogP contribution < -0.4 is 0 Å². The van der Waals surface area contributed by atoms with Gasteiger partial charge in [-0.1, -0.05) is 17.7 Å². The second-order valence-corrected chi connectivity index (χ2v) is 12.7. The first-order valence-corrected chi connectivity index (χ1v) is 14.7. The molecular weight excluding hydrogens is 514 g/mol. The largest absolute Gasteiger partial charge is 0.441 e. The molecule has 38 heavy (non-hydrogen) atoms. The Labute approximate surface area is 222 Å². The molecule has 0 spiro atoms. The van der Waals surface area contributed by atoms with Gasteiger partial charge in [-0.25, -0.2) is 22.0 Å². The number of piperidine rings is 2. The van der Waals surface area contributed by atoms with E-state index in [-0.39, 0.29) is 23.0 Å². The lowest BCUT2D eigenvalue weighted by Gasteiger charge is -2.45. The van der Waals surface area contributed by atoms with Crippen LogP contribution in [0.1, 0.15) is 62.1 Å². The van der Waals surface area contributed by atoms with E-state index in [1.54, 1.807) is 17.0 Å². The lowest BCUT2D eigenvalue weighted by molar-refractivity contribution is -0.0133. The zero-order valence-corrected chi connectivity index (χ0v) is 22.3. The number of sulfonamides is 1. The monoisotopic (exact) mass is 548 g/mol. The number of halogens is 2. The van der Waals surface area contributed by atoms with Gasteiger partial charge in [-0.2, -0.15) is 4.31 Å². The Morgan fingerprint density at radius 2 is 1.66 bits per heavy atom. The molecule has 1 amide bonds. The highest BCUT2D eigenvalue weighted by Crippen LogP contribution is 2.52. The van der Waals surface area contributed by atoms with Crippen molar-refractivity contribution in [2.45, 2.75) is 74.4 Å². The van der Waals surface area contributed by atoms with Crippen LogP contribution in [0.25, 0.3) is 0 Å².